The summed E-state index contributed by atoms with van der Waals surface area (Å²) in [5, 5.41) is 3.29. The van der Waals surface area contributed by atoms with E-state index in [0.717, 1.165) is 13.0 Å². The Morgan fingerprint density at radius 3 is 2.77 bits per heavy atom. The second kappa shape index (κ2) is 4.93. The van der Waals surface area contributed by atoms with Crippen LogP contribution in [-0.2, 0) is 10.0 Å². The molecule has 0 bridgehead atoms. The van der Waals surface area contributed by atoms with E-state index in [0.29, 0.717) is 12.6 Å². The summed E-state index contributed by atoms with van der Waals surface area (Å²) in [5.74, 6) is 0.166. The van der Waals surface area contributed by atoms with E-state index in [9.17, 15) is 8.42 Å². The molecule has 0 aliphatic carbocycles. The zero-order chi connectivity index (χ0) is 9.73. The van der Waals surface area contributed by atoms with Gasteiger partial charge in [-0.3, -0.25) is 0 Å². The zero-order valence-electron chi connectivity index (χ0n) is 8.04. The van der Waals surface area contributed by atoms with Gasteiger partial charge in [-0.25, -0.2) is 13.1 Å². The van der Waals surface area contributed by atoms with Crippen LogP contribution in [-0.4, -0.2) is 33.3 Å². The first-order valence-corrected chi connectivity index (χ1v) is 6.50. The van der Waals surface area contributed by atoms with Gasteiger partial charge in [-0.2, -0.15) is 0 Å². The van der Waals surface area contributed by atoms with Crippen molar-refractivity contribution in [2.75, 3.05) is 18.8 Å². The molecule has 0 radical (unpaired) electrons. The summed E-state index contributed by atoms with van der Waals surface area (Å²) in [6, 6.07) is 0.329. The van der Waals surface area contributed by atoms with Crippen LogP contribution >= 0.6 is 0 Å². The molecular formula is C8H18N2O2S. The normalized spacial score (nSPS) is 24.5. The van der Waals surface area contributed by atoms with E-state index in [4.69, 9.17) is 0 Å². The van der Waals surface area contributed by atoms with Gasteiger partial charge in [-0.1, -0.05) is 6.42 Å². The van der Waals surface area contributed by atoms with Gasteiger partial charge in [0.1, 0.15) is 0 Å². The van der Waals surface area contributed by atoms with Gasteiger partial charge >= 0.3 is 0 Å². The third kappa shape index (κ3) is 4.06. The van der Waals surface area contributed by atoms with Crippen molar-refractivity contribution in [3.8, 4) is 0 Å². The van der Waals surface area contributed by atoms with Crippen LogP contribution in [0.25, 0.3) is 0 Å². The number of rotatable bonds is 4. The Bertz CT molecular complexity index is 233. The summed E-state index contributed by atoms with van der Waals surface area (Å²) >= 11 is 0. The topological polar surface area (TPSA) is 58.2 Å². The third-order valence-electron chi connectivity index (χ3n) is 2.34. The predicted octanol–water partition coefficient (Wildman–Crippen LogP) is 0.0678. The Labute approximate surface area is 80.1 Å². The molecule has 1 atom stereocenters. The van der Waals surface area contributed by atoms with E-state index in [1.165, 1.54) is 12.8 Å². The minimum absolute atomic E-state index is 0.166. The molecule has 1 fully saturated rings. The van der Waals surface area contributed by atoms with E-state index in [-0.39, 0.29) is 5.75 Å². The standard InChI is InChI=1S/C8H18N2O2S/c1-2-13(11,12)10-7-8-5-3-4-6-9-8/h8-10H,2-7H2,1H3. The molecule has 0 aromatic heterocycles. The van der Waals surface area contributed by atoms with Crippen LogP contribution in [0.15, 0.2) is 0 Å². The van der Waals surface area contributed by atoms with Crippen LogP contribution in [0.2, 0.25) is 0 Å². The van der Waals surface area contributed by atoms with Gasteiger partial charge in [0.2, 0.25) is 10.0 Å². The maximum Gasteiger partial charge on any atom is 0.211 e. The van der Waals surface area contributed by atoms with Crippen molar-refractivity contribution in [3.05, 3.63) is 0 Å². The molecule has 4 nitrogen and oxygen atoms in total. The monoisotopic (exact) mass is 206 g/mol. The Kier molecular flexibility index (Phi) is 4.15. The molecule has 0 saturated carbocycles. The van der Waals surface area contributed by atoms with E-state index >= 15 is 0 Å². The molecule has 2 N–H and O–H groups in total. The first-order valence-electron chi connectivity index (χ1n) is 4.85. The molecule has 13 heavy (non-hydrogen) atoms. The second-order valence-electron chi connectivity index (χ2n) is 3.40. The van der Waals surface area contributed by atoms with Gasteiger partial charge in [-0.15, -0.1) is 0 Å². The van der Waals surface area contributed by atoms with Gasteiger partial charge in [-0.05, 0) is 26.3 Å². The fraction of sp³-hybridized carbons (Fsp3) is 1.00. The van der Waals surface area contributed by atoms with E-state index in [1.54, 1.807) is 6.92 Å². The Morgan fingerprint density at radius 2 is 2.23 bits per heavy atom. The molecule has 1 aliphatic heterocycles. The van der Waals surface area contributed by atoms with Gasteiger partial charge in [0.15, 0.2) is 0 Å². The molecule has 1 unspecified atom stereocenters. The molecule has 0 aromatic rings. The molecule has 78 valence electrons. The minimum Gasteiger partial charge on any atom is -0.313 e. The Hall–Kier alpha value is -0.130. The second-order valence-corrected chi connectivity index (χ2v) is 5.49. The summed E-state index contributed by atoms with van der Waals surface area (Å²) in [5.41, 5.74) is 0. The number of hydrogen-bond acceptors (Lipinski definition) is 3. The summed E-state index contributed by atoms with van der Waals surface area (Å²) < 4.78 is 24.8. The number of piperidine rings is 1. The highest BCUT2D eigenvalue weighted by atomic mass is 32.2. The lowest BCUT2D eigenvalue weighted by molar-refractivity contribution is 0.398. The van der Waals surface area contributed by atoms with Crippen molar-refractivity contribution >= 4 is 10.0 Å². The highest BCUT2D eigenvalue weighted by Crippen LogP contribution is 2.05. The molecule has 5 heteroatoms. The first-order chi connectivity index (χ1) is 6.14. The average molecular weight is 206 g/mol. The highest BCUT2D eigenvalue weighted by Gasteiger charge is 2.14. The van der Waals surface area contributed by atoms with Crippen LogP contribution < -0.4 is 10.0 Å². The SMILES string of the molecule is CCS(=O)(=O)NCC1CCCCN1. The van der Waals surface area contributed by atoms with E-state index < -0.39 is 10.0 Å². The van der Waals surface area contributed by atoms with Crippen LogP contribution in [0.5, 0.6) is 0 Å². The van der Waals surface area contributed by atoms with Gasteiger partial charge in [0.05, 0.1) is 5.75 Å². The van der Waals surface area contributed by atoms with Crippen LogP contribution in [0.3, 0.4) is 0 Å². The van der Waals surface area contributed by atoms with Crippen molar-refractivity contribution in [1.29, 1.82) is 0 Å². The van der Waals surface area contributed by atoms with Crippen molar-refractivity contribution in [1.82, 2.24) is 10.0 Å². The van der Waals surface area contributed by atoms with Crippen molar-refractivity contribution in [3.63, 3.8) is 0 Å². The van der Waals surface area contributed by atoms with Crippen LogP contribution in [0.4, 0.5) is 0 Å². The van der Waals surface area contributed by atoms with Gasteiger partial charge < -0.3 is 5.32 Å². The molecule has 0 amide bonds. The largest absolute Gasteiger partial charge is 0.313 e. The van der Waals surface area contributed by atoms with Crippen LogP contribution in [0.1, 0.15) is 26.2 Å². The average Bonchev–Trinajstić information content (AvgIpc) is 2.17. The molecule has 1 aliphatic rings. The van der Waals surface area contributed by atoms with Gasteiger partial charge in [0.25, 0.3) is 0 Å². The number of sulfonamides is 1. The zero-order valence-corrected chi connectivity index (χ0v) is 8.86. The van der Waals surface area contributed by atoms with E-state index in [1.807, 2.05) is 0 Å². The number of nitrogens with one attached hydrogen (secondary N) is 2. The smallest absolute Gasteiger partial charge is 0.211 e. The van der Waals surface area contributed by atoms with Crippen molar-refractivity contribution < 1.29 is 8.42 Å². The molecule has 0 spiro atoms. The Morgan fingerprint density at radius 1 is 1.46 bits per heavy atom. The summed E-state index contributed by atoms with van der Waals surface area (Å²) in [7, 11) is -3.01. The predicted molar refractivity (Wildman–Crippen MR) is 53.1 cm³/mol. The molecular weight excluding hydrogens is 188 g/mol. The van der Waals surface area contributed by atoms with Crippen molar-refractivity contribution in [2.45, 2.75) is 32.2 Å². The minimum atomic E-state index is -3.01. The third-order valence-corrected chi connectivity index (χ3v) is 3.71. The lowest BCUT2D eigenvalue weighted by Crippen LogP contribution is -2.43. The van der Waals surface area contributed by atoms with E-state index in [2.05, 4.69) is 10.0 Å². The fourth-order valence-corrected chi connectivity index (χ4v) is 2.09. The molecule has 0 aromatic carbocycles. The Balaban J connectivity index is 2.25. The molecule has 1 heterocycles. The summed E-state index contributed by atoms with van der Waals surface area (Å²) in [6.45, 7) is 3.20. The summed E-state index contributed by atoms with van der Waals surface area (Å²) in [4.78, 5) is 0. The van der Waals surface area contributed by atoms with Gasteiger partial charge in [0, 0.05) is 12.6 Å². The maximum absolute atomic E-state index is 11.1. The lowest BCUT2D eigenvalue weighted by atomic mass is 10.1. The maximum atomic E-state index is 11.1. The lowest BCUT2D eigenvalue weighted by Gasteiger charge is -2.23. The quantitative estimate of drug-likeness (QED) is 0.684. The van der Waals surface area contributed by atoms with Crippen molar-refractivity contribution in [2.24, 2.45) is 0 Å². The van der Waals surface area contributed by atoms with Crippen LogP contribution in [0, 0.1) is 0 Å². The fourth-order valence-electron chi connectivity index (χ4n) is 1.43. The molecule has 1 rings (SSSR count). The molecule has 1 saturated heterocycles. The first kappa shape index (κ1) is 10.9. The summed E-state index contributed by atoms with van der Waals surface area (Å²) in [6.07, 6.45) is 3.48. The number of hydrogen-bond donors (Lipinski definition) is 2. The highest BCUT2D eigenvalue weighted by molar-refractivity contribution is 7.89.